The molecule has 1 aliphatic carbocycles. The lowest BCUT2D eigenvalue weighted by molar-refractivity contribution is 0.439. The average molecular weight is 208 g/mol. The van der Waals surface area contributed by atoms with Crippen LogP contribution < -0.4 is 5.32 Å². The van der Waals surface area contributed by atoms with Gasteiger partial charge in [-0.2, -0.15) is 0 Å². The fraction of sp³-hybridized carbons (Fsp3) is 0.818. The number of nitrogens with one attached hydrogen (secondary N) is 1. The van der Waals surface area contributed by atoms with Crippen molar-refractivity contribution in [3.63, 3.8) is 0 Å². The van der Waals surface area contributed by atoms with Crippen molar-refractivity contribution < 1.29 is 0 Å². The monoisotopic (exact) mass is 208 g/mol. The van der Waals surface area contributed by atoms with Gasteiger partial charge < -0.3 is 5.32 Å². The van der Waals surface area contributed by atoms with Gasteiger partial charge in [0, 0.05) is 6.54 Å². The first kappa shape index (κ1) is 10.6. The topological polar surface area (TPSA) is 42.7 Å². The summed E-state index contributed by atoms with van der Waals surface area (Å²) in [5, 5.41) is 11.7. The molecule has 0 atom stereocenters. The van der Waals surface area contributed by atoms with Crippen molar-refractivity contribution in [1.82, 2.24) is 20.3 Å². The minimum absolute atomic E-state index is 0.609. The van der Waals surface area contributed by atoms with Crippen LogP contribution in [0.15, 0.2) is 0 Å². The van der Waals surface area contributed by atoms with E-state index in [0.717, 1.165) is 18.7 Å². The lowest BCUT2D eigenvalue weighted by Crippen LogP contribution is -2.12. The van der Waals surface area contributed by atoms with Crippen LogP contribution in [-0.2, 0) is 13.0 Å². The fourth-order valence-electron chi connectivity index (χ4n) is 2.46. The molecular formula is C11H20N4. The Morgan fingerprint density at radius 3 is 2.73 bits per heavy atom. The van der Waals surface area contributed by atoms with Crippen molar-refractivity contribution in [2.75, 3.05) is 7.05 Å². The molecule has 1 aliphatic rings. The van der Waals surface area contributed by atoms with Crippen LogP contribution in [0.25, 0.3) is 0 Å². The summed E-state index contributed by atoms with van der Waals surface area (Å²) in [4.78, 5) is 0. The van der Waals surface area contributed by atoms with Gasteiger partial charge in [0.25, 0.3) is 0 Å². The van der Waals surface area contributed by atoms with Gasteiger partial charge in [0.05, 0.1) is 17.4 Å². The van der Waals surface area contributed by atoms with Gasteiger partial charge in [-0.3, -0.25) is 0 Å². The van der Waals surface area contributed by atoms with Crippen molar-refractivity contribution in [3.8, 4) is 0 Å². The largest absolute Gasteiger partial charge is 0.314 e. The van der Waals surface area contributed by atoms with E-state index in [9.17, 15) is 0 Å². The highest BCUT2D eigenvalue weighted by atomic mass is 15.4. The van der Waals surface area contributed by atoms with Crippen LogP contribution in [0.3, 0.4) is 0 Å². The smallest absolute Gasteiger partial charge is 0.0996 e. The second kappa shape index (κ2) is 4.75. The number of aromatic nitrogens is 3. The highest BCUT2D eigenvalue weighted by Gasteiger charge is 2.21. The third-order valence-electron chi connectivity index (χ3n) is 3.22. The maximum atomic E-state index is 4.31. The number of rotatable bonds is 4. The Morgan fingerprint density at radius 2 is 2.13 bits per heavy atom. The molecule has 2 rings (SSSR count). The Hall–Kier alpha value is -0.900. The van der Waals surface area contributed by atoms with Gasteiger partial charge in [-0.05, 0) is 26.3 Å². The molecule has 0 spiro atoms. The van der Waals surface area contributed by atoms with Crippen LogP contribution in [0.1, 0.15) is 50.0 Å². The second-order valence-electron chi connectivity index (χ2n) is 4.25. The zero-order valence-corrected chi connectivity index (χ0v) is 9.66. The Balaban J connectivity index is 2.22. The van der Waals surface area contributed by atoms with Crippen LogP contribution in [0.4, 0.5) is 0 Å². The molecule has 0 amide bonds. The van der Waals surface area contributed by atoms with Gasteiger partial charge in [-0.1, -0.05) is 25.0 Å². The molecule has 0 bridgehead atoms. The summed E-state index contributed by atoms with van der Waals surface area (Å²) in [7, 11) is 1.95. The highest BCUT2D eigenvalue weighted by Crippen LogP contribution is 2.30. The third-order valence-corrected chi connectivity index (χ3v) is 3.22. The molecule has 84 valence electrons. The normalized spacial score (nSPS) is 17.5. The molecular weight excluding hydrogens is 188 g/mol. The Kier molecular flexibility index (Phi) is 3.36. The van der Waals surface area contributed by atoms with Crippen LogP contribution >= 0.6 is 0 Å². The summed E-state index contributed by atoms with van der Waals surface area (Å²) < 4.78 is 2.17. The SMILES string of the molecule is CCc1c(CNC)nnn1C1CCCC1. The maximum absolute atomic E-state index is 4.31. The Labute approximate surface area is 91.1 Å². The molecule has 15 heavy (non-hydrogen) atoms. The van der Waals surface area contributed by atoms with Gasteiger partial charge in [0.15, 0.2) is 0 Å². The van der Waals surface area contributed by atoms with Gasteiger partial charge in [-0.25, -0.2) is 4.68 Å². The Morgan fingerprint density at radius 1 is 1.40 bits per heavy atom. The van der Waals surface area contributed by atoms with Gasteiger partial charge in [-0.15, -0.1) is 5.10 Å². The lowest BCUT2D eigenvalue weighted by atomic mass is 10.2. The minimum Gasteiger partial charge on any atom is -0.314 e. The van der Waals surface area contributed by atoms with E-state index in [0.29, 0.717) is 6.04 Å². The van der Waals surface area contributed by atoms with E-state index < -0.39 is 0 Å². The number of nitrogens with zero attached hydrogens (tertiary/aromatic N) is 3. The van der Waals surface area contributed by atoms with Gasteiger partial charge in [0.1, 0.15) is 0 Å². The van der Waals surface area contributed by atoms with Crippen LogP contribution in [0.5, 0.6) is 0 Å². The predicted molar refractivity (Wildman–Crippen MR) is 59.7 cm³/mol. The summed E-state index contributed by atoms with van der Waals surface area (Å²) in [6.07, 6.45) is 6.26. The highest BCUT2D eigenvalue weighted by molar-refractivity contribution is 5.11. The molecule has 1 aromatic rings. The summed E-state index contributed by atoms with van der Waals surface area (Å²) in [5.74, 6) is 0. The molecule has 4 nitrogen and oxygen atoms in total. The minimum atomic E-state index is 0.609. The zero-order valence-electron chi connectivity index (χ0n) is 9.66. The maximum Gasteiger partial charge on any atom is 0.0996 e. The molecule has 1 saturated carbocycles. The first-order valence-corrected chi connectivity index (χ1v) is 5.94. The summed E-state index contributed by atoms with van der Waals surface area (Å²) in [6, 6.07) is 0.609. The molecule has 1 aromatic heterocycles. The summed E-state index contributed by atoms with van der Waals surface area (Å²) in [5.41, 5.74) is 2.43. The lowest BCUT2D eigenvalue weighted by Gasteiger charge is -2.12. The van der Waals surface area contributed by atoms with Crippen molar-refractivity contribution >= 4 is 0 Å². The zero-order chi connectivity index (χ0) is 10.7. The quantitative estimate of drug-likeness (QED) is 0.818. The number of hydrogen-bond donors (Lipinski definition) is 1. The molecule has 0 aliphatic heterocycles. The van der Waals surface area contributed by atoms with Gasteiger partial charge in [0.2, 0.25) is 0 Å². The summed E-state index contributed by atoms with van der Waals surface area (Å²) in [6.45, 7) is 3.01. The first-order chi connectivity index (χ1) is 7.36. The van der Waals surface area contributed by atoms with Gasteiger partial charge >= 0.3 is 0 Å². The molecule has 0 saturated heterocycles. The van der Waals surface area contributed by atoms with E-state index in [2.05, 4.69) is 27.2 Å². The molecule has 4 heteroatoms. The molecule has 1 fully saturated rings. The van der Waals surface area contributed by atoms with E-state index >= 15 is 0 Å². The molecule has 1 N–H and O–H groups in total. The predicted octanol–water partition coefficient (Wildman–Crippen LogP) is 1.67. The van der Waals surface area contributed by atoms with Crippen molar-refractivity contribution in [1.29, 1.82) is 0 Å². The van der Waals surface area contributed by atoms with Crippen molar-refractivity contribution in [2.24, 2.45) is 0 Å². The van der Waals surface area contributed by atoms with Crippen LogP contribution in [-0.4, -0.2) is 22.0 Å². The van der Waals surface area contributed by atoms with Crippen LogP contribution in [0.2, 0.25) is 0 Å². The standard InChI is InChI=1S/C11H20N4/c1-3-11-10(8-12-2)13-14-15(11)9-6-4-5-7-9/h9,12H,3-8H2,1-2H3. The molecule has 0 unspecified atom stereocenters. The van der Waals surface area contributed by atoms with E-state index in [1.54, 1.807) is 0 Å². The molecule has 0 aromatic carbocycles. The molecule has 0 radical (unpaired) electrons. The van der Waals surface area contributed by atoms with E-state index in [-0.39, 0.29) is 0 Å². The van der Waals surface area contributed by atoms with Crippen LogP contribution in [0, 0.1) is 0 Å². The second-order valence-corrected chi connectivity index (χ2v) is 4.25. The first-order valence-electron chi connectivity index (χ1n) is 5.94. The fourth-order valence-corrected chi connectivity index (χ4v) is 2.46. The molecule has 1 heterocycles. The van der Waals surface area contributed by atoms with Crippen molar-refractivity contribution in [2.45, 2.75) is 51.6 Å². The number of hydrogen-bond acceptors (Lipinski definition) is 3. The van der Waals surface area contributed by atoms with E-state index in [1.807, 2.05) is 7.05 Å². The Bertz CT molecular complexity index is 312. The average Bonchev–Trinajstić information content (AvgIpc) is 2.85. The summed E-state index contributed by atoms with van der Waals surface area (Å²) >= 11 is 0. The van der Waals surface area contributed by atoms with E-state index in [1.165, 1.54) is 31.4 Å². The van der Waals surface area contributed by atoms with Crippen molar-refractivity contribution in [3.05, 3.63) is 11.4 Å². The third kappa shape index (κ3) is 2.04. The van der Waals surface area contributed by atoms with E-state index in [4.69, 9.17) is 0 Å².